The molecule has 4 heteroatoms. The fourth-order valence-electron chi connectivity index (χ4n) is 2.25. The lowest BCUT2D eigenvalue weighted by atomic mass is 10.2. The van der Waals surface area contributed by atoms with Crippen molar-refractivity contribution < 1.29 is 4.79 Å². The lowest BCUT2D eigenvalue weighted by Crippen LogP contribution is -2.24. The molecule has 0 aliphatic carbocycles. The van der Waals surface area contributed by atoms with Crippen LogP contribution in [0.5, 0.6) is 0 Å². The number of nitrogens with zero attached hydrogens (tertiary/aromatic N) is 1. The minimum Gasteiger partial charge on any atom is -0.372 e. The number of anilines is 1. The van der Waals surface area contributed by atoms with Crippen LogP contribution in [0.3, 0.4) is 0 Å². The number of thiophene rings is 1. The molecule has 2 rings (SSSR count). The van der Waals surface area contributed by atoms with Crippen LogP contribution in [0.15, 0.2) is 41.8 Å². The van der Waals surface area contributed by atoms with Crippen molar-refractivity contribution >= 4 is 22.9 Å². The van der Waals surface area contributed by atoms with Gasteiger partial charge in [-0.2, -0.15) is 0 Å². The predicted molar refractivity (Wildman–Crippen MR) is 89.9 cm³/mol. The van der Waals surface area contributed by atoms with E-state index < -0.39 is 0 Å². The Hall–Kier alpha value is -1.81. The standard InChI is InChI=1S/C17H22N2OS/c1-3-19(4-2)15-9-7-14(8-10-15)13-18-17(20)12-16-6-5-11-21-16/h5-11H,3-4,12-13H2,1-2H3,(H,18,20). The largest absolute Gasteiger partial charge is 0.372 e. The molecular formula is C17H22N2OS. The maximum absolute atomic E-state index is 11.8. The van der Waals surface area contributed by atoms with Gasteiger partial charge in [-0.15, -0.1) is 11.3 Å². The summed E-state index contributed by atoms with van der Waals surface area (Å²) in [7, 11) is 0. The molecule has 0 saturated carbocycles. The predicted octanol–water partition coefficient (Wildman–Crippen LogP) is 3.45. The molecule has 112 valence electrons. The van der Waals surface area contributed by atoms with Crippen molar-refractivity contribution in [2.24, 2.45) is 0 Å². The number of amides is 1. The van der Waals surface area contributed by atoms with Crippen molar-refractivity contribution in [3.8, 4) is 0 Å². The second-order valence-corrected chi connectivity index (χ2v) is 5.90. The zero-order chi connectivity index (χ0) is 15.1. The highest BCUT2D eigenvalue weighted by molar-refractivity contribution is 7.10. The average Bonchev–Trinajstić information content (AvgIpc) is 3.00. The summed E-state index contributed by atoms with van der Waals surface area (Å²) in [4.78, 5) is 15.2. The molecule has 1 N–H and O–H groups in total. The molecule has 21 heavy (non-hydrogen) atoms. The molecule has 0 fully saturated rings. The minimum absolute atomic E-state index is 0.0743. The summed E-state index contributed by atoms with van der Waals surface area (Å²) in [6, 6.07) is 12.4. The fraction of sp³-hybridized carbons (Fsp3) is 0.353. The minimum atomic E-state index is 0.0743. The van der Waals surface area contributed by atoms with E-state index in [-0.39, 0.29) is 5.91 Å². The molecule has 0 radical (unpaired) electrons. The van der Waals surface area contributed by atoms with Crippen molar-refractivity contribution in [3.05, 3.63) is 52.2 Å². The van der Waals surface area contributed by atoms with Gasteiger partial charge in [0, 0.05) is 30.2 Å². The lowest BCUT2D eigenvalue weighted by Gasteiger charge is -2.21. The summed E-state index contributed by atoms with van der Waals surface area (Å²) >= 11 is 1.62. The molecule has 3 nitrogen and oxygen atoms in total. The number of hydrogen-bond acceptors (Lipinski definition) is 3. The Morgan fingerprint density at radius 3 is 2.43 bits per heavy atom. The normalized spacial score (nSPS) is 10.4. The number of carbonyl (C=O) groups is 1. The van der Waals surface area contributed by atoms with Gasteiger partial charge in [-0.1, -0.05) is 18.2 Å². The van der Waals surface area contributed by atoms with Crippen molar-refractivity contribution in [1.82, 2.24) is 5.32 Å². The Morgan fingerprint density at radius 2 is 1.86 bits per heavy atom. The smallest absolute Gasteiger partial charge is 0.225 e. The van der Waals surface area contributed by atoms with Gasteiger partial charge in [0.25, 0.3) is 0 Å². The third-order valence-corrected chi connectivity index (χ3v) is 4.35. The Morgan fingerprint density at radius 1 is 1.14 bits per heavy atom. The first-order chi connectivity index (χ1) is 10.2. The lowest BCUT2D eigenvalue weighted by molar-refractivity contribution is -0.120. The van der Waals surface area contributed by atoms with Gasteiger partial charge >= 0.3 is 0 Å². The molecule has 1 heterocycles. The maximum Gasteiger partial charge on any atom is 0.225 e. The van der Waals surface area contributed by atoms with Crippen LogP contribution in [0.25, 0.3) is 0 Å². The van der Waals surface area contributed by atoms with E-state index in [4.69, 9.17) is 0 Å². The van der Waals surface area contributed by atoms with Crippen LogP contribution in [0.4, 0.5) is 5.69 Å². The molecule has 0 atom stereocenters. The van der Waals surface area contributed by atoms with E-state index in [2.05, 4.69) is 48.3 Å². The molecule has 0 spiro atoms. The second-order valence-electron chi connectivity index (χ2n) is 4.87. The SMILES string of the molecule is CCN(CC)c1ccc(CNC(=O)Cc2cccs2)cc1. The van der Waals surface area contributed by atoms with Gasteiger partial charge in [0.05, 0.1) is 6.42 Å². The highest BCUT2D eigenvalue weighted by Gasteiger charge is 2.05. The molecule has 1 aromatic heterocycles. The molecule has 1 aromatic carbocycles. The second kappa shape index (κ2) is 7.84. The van der Waals surface area contributed by atoms with Crippen molar-refractivity contribution in [3.63, 3.8) is 0 Å². The van der Waals surface area contributed by atoms with Crippen LogP contribution >= 0.6 is 11.3 Å². The van der Waals surface area contributed by atoms with Crippen LogP contribution < -0.4 is 10.2 Å². The molecular weight excluding hydrogens is 280 g/mol. The summed E-state index contributed by atoms with van der Waals surface area (Å²) in [5.41, 5.74) is 2.36. The van der Waals surface area contributed by atoms with Crippen molar-refractivity contribution in [2.75, 3.05) is 18.0 Å². The molecule has 0 aliphatic heterocycles. The molecule has 0 bridgehead atoms. The van der Waals surface area contributed by atoms with Gasteiger partial charge in [0.2, 0.25) is 5.91 Å². The Bertz CT molecular complexity index is 545. The van der Waals surface area contributed by atoms with Gasteiger partial charge in [0.15, 0.2) is 0 Å². The molecule has 0 aliphatic rings. The van der Waals surface area contributed by atoms with Crippen molar-refractivity contribution in [2.45, 2.75) is 26.8 Å². The van der Waals surface area contributed by atoms with Gasteiger partial charge in [-0.3, -0.25) is 4.79 Å². The van der Waals surface area contributed by atoms with Crippen LogP contribution in [-0.4, -0.2) is 19.0 Å². The van der Waals surface area contributed by atoms with Crippen LogP contribution in [-0.2, 0) is 17.8 Å². The topological polar surface area (TPSA) is 32.3 Å². The number of rotatable bonds is 7. The monoisotopic (exact) mass is 302 g/mol. The Kier molecular flexibility index (Phi) is 5.81. The zero-order valence-corrected chi connectivity index (χ0v) is 13.5. The van der Waals surface area contributed by atoms with Crippen LogP contribution in [0, 0.1) is 0 Å². The number of benzene rings is 1. The van der Waals surface area contributed by atoms with E-state index in [0.717, 1.165) is 23.5 Å². The summed E-state index contributed by atoms with van der Waals surface area (Å²) in [5.74, 6) is 0.0743. The maximum atomic E-state index is 11.8. The molecule has 1 amide bonds. The highest BCUT2D eigenvalue weighted by atomic mass is 32.1. The van der Waals surface area contributed by atoms with E-state index in [9.17, 15) is 4.79 Å². The van der Waals surface area contributed by atoms with Crippen LogP contribution in [0.2, 0.25) is 0 Å². The van der Waals surface area contributed by atoms with E-state index in [1.165, 1.54) is 5.69 Å². The summed E-state index contributed by atoms with van der Waals surface area (Å²) in [6.07, 6.45) is 0.467. The summed E-state index contributed by atoms with van der Waals surface area (Å²) < 4.78 is 0. The van der Waals surface area contributed by atoms with Gasteiger partial charge in [-0.25, -0.2) is 0 Å². The van der Waals surface area contributed by atoms with Gasteiger partial charge in [-0.05, 0) is 43.0 Å². The third-order valence-electron chi connectivity index (χ3n) is 3.47. The number of hydrogen-bond donors (Lipinski definition) is 1. The van der Waals surface area contributed by atoms with E-state index >= 15 is 0 Å². The first kappa shape index (κ1) is 15.6. The third kappa shape index (κ3) is 4.60. The Labute approximate surface area is 130 Å². The fourth-order valence-corrected chi connectivity index (χ4v) is 2.95. The summed E-state index contributed by atoms with van der Waals surface area (Å²) in [6.45, 7) is 6.91. The number of carbonyl (C=O) groups excluding carboxylic acids is 1. The van der Waals surface area contributed by atoms with E-state index in [1.807, 2.05) is 17.5 Å². The Balaban J connectivity index is 1.84. The highest BCUT2D eigenvalue weighted by Crippen LogP contribution is 2.15. The van der Waals surface area contributed by atoms with Crippen molar-refractivity contribution in [1.29, 1.82) is 0 Å². The van der Waals surface area contributed by atoms with E-state index in [0.29, 0.717) is 13.0 Å². The van der Waals surface area contributed by atoms with Crippen LogP contribution in [0.1, 0.15) is 24.3 Å². The first-order valence-corrected chi connectivity index (χ1v) is 8.23. The average molecular weight is 302 g/mol. The van der Waals surface area contributed by atoms with Gasteiger partial charge < -0.3 is 10.2 Å². The van der Waals surface area contributed by atoms with Gasteiger partial charge in [0.1, 0.15) is 0 Å². The zero-order valence-electron chi connectivity index (χ0n) is 12.6. The molecule has 0 unspecified atom stereocenters. The van der Waals surface area contributed by atoms with E-state index in [1.54, 1.807) is 11.3 Å². The molecule has 0 saturated heterocycles. The quantitative estimate of drug-likeness (QED) is 0.849. The molecule has 2 aromatic rings. The summed E-state index contributed by atoms with van der Waals surface area (Å²) in [5, 5.41) is 4.96. The first-order valence-electron chi connectivity index (χ1n) is 7.36. The number of nitrogens with one attached hydrogen (secondary N) is 1.